The summed E-state index contributed by atoms with van der Waals surface area (Å²) in [6.45, 7) is 1.74. The highest BCUT2D eigenvalue weighted by molar-refractivity contribution is 6.33. The second kappa shape index (κ2) is 9.54. The van der Waals surface area contributed by atoms with Crippen LogP contribution in [0.15, 0.2) is 65.1 Å². The number of carbonyl (C=O) groups excluding carboxylic acids is 2. The molecule has 2 aromatic carbocycles. The molecule has 0 bridgehead atoms. The Morgan fingerprint density at radius 3 is 2.34 bits per heavy atom. The van der Waals surface area contributed by atoms with Crippen molar-refractivity contribution < 1.29 is 23.1 Å². The first kappa shape index (κ1) is 22.0. The quantitative estimate of drug-likeness (QED) is 0.532. The van der Waals surface area contributed by atoms with E-state index in [0.717, 1.165) is 5.56 Å². The third-order valence-corrected chi connectivity index (χ3v) is 5.86. The van der Waals surface area contributed by atoms with Crippen LogP contribution in [0.4, 0.5) is 4.39 Å². The lowest BCUT2D eigenvalue weighted by Crippen LogP contribution is -2.51. The maximum atomic E-state index is 13.3. The monoisotopic (exact) mass is 456 g/mol. The number of methoxy groups -OCH3 is 1. The second-order valence-corrected chi connectivity index (χ2v) is 7.86. The third-order valence-electron chi connectivity index (χ3n) is 5.53. The largest absolute Gasteiger partial charge is 0.468 e. The molecule has 4 rings (SSSR count). The maximum absolute atomic E-state index is 13.3. The van der Waals surface area contributed by atoms with Crippen molar-refractivity contribution >= 4 is 23.5 Å². The maximum Gasteiger partial charge on any atom is 0.327 e. The molecule has 0 aliphatic carbocycles. The minimum absolute atomic E-state index is 0.223. The van der Waals surface area contributed by atoms with Crippen LogP contribution in [-0.2, 0) is 9.53 Å². The van der Waals surface area contributed by atoms with Crippen molar-refractivity contribution in [2.75, 3.05) is 33.3 Å². The molecule has 1 atom stereocenters. The van der Waals surface area contributed by atoms with E-state index in [4.69, 9.17) is 20.8 Å². The van der Waals surface area contributed by atoms with Gasteiger partial charge >= 0.3 is 5.97 Å². The van der Waals surface area contributed by atoms with Gasteiger partial charge in [0, 0.05) is 31.7 Å². The van der Waals surface area contributed by atoms with Crippen molar-refractivity contribution in [2.24, 2.45) is 0 Å². The highest BCUT2D eigenvalue weighted by Gasteiger charge is 2.33. The molecule has 0 spiro atoms. The molecule has 1 saturated heterocycles. The van der Waals surface area contributed by atoms with Gasteiger partial charge in [-0.2, -0.15) is 0 Å². The number of carbonyl (C=O) groups is 2. The summed E-state index contributed by atoms with van der Waals surface area (Å²) < 4.78 is 24.1. The van der Waals surface area contributed by atoms with Crippen LogP contribution in [0, 0.1) is 5.82 Å². The van der Waals surface area contributed by atoms with Crippen LogP contribution in [0.3, 0.4) is 0 Å². The third kappa shape index (κ3) is 4.54. The van der Waals surface area contributed by atoms with Gasteiger partial charge in [-0.15, -0.1) is 0 Å². The molecule has 1 aliphatic heterocycles. The molecule has 6 nitrogen and oxygen atoms in total. The van der Waals surface area contributed by atoms with Crippen molar-refractivity contribution in [1.29, 1.82) is 0 Å². The van der Waals surface area contributed by atoms with Crippen LogP contribution in [0.2, 0.25) is 5.02 Å². The van der Waals surface area contributed by atoms with E-state index < -0.39 is 12.0 Å². The van der Waals surface area contributed by atoms with Gasteiger partial charge in [0.2, 0.25) is 0 Å². The molecular formula is C24H22ClFN2O4. The zero-order valence-corrected chi connectivity index (χ0v) is 18.2. The molecule has 1 aliphatic rings. The molecule has 3 aromatic rings. The van der Waals surface area contributed by atoms with Crippen LogP contribution < -0.4 is 0 Å². The number of ether oxygens (including phenoxy) is 1. The van der Waals surface area contributed by atoms with E-state index in [-0.39, 0.29) is 17.5 Å². The number of rotatable bonds is 5. The van der Waals surface area contributed by atoms with E-state index in [1.54, 1.807) is 35.2 Å². The summed E-state index contributed by atoms with van der Waals surface area (Å²) >= 11 is 6.22. The standard InChI is InChI=1S/C24H22ClFN2O4/c1-31-24(30)22(16-6-8-17(26)9-7-16)27-12-14-28(15-13-27)23(29)21-11-10-20(32-21)18-4-2-3-5-19(18)25/h2-11,22H,12-15H2,1H3/t22-/m1/s1. The minimum Gasteiger partial charge on any atom is -0.468 e. The highest BCUT2D eigenvalue weighted by atomic mass is 35.5. The van der Waals surface area contributed by atoms with E-state index in [1.165, 1.54) is 19.2 Å². The average Bonchev–Trinajstić information content (AvgIpc) is 3.30. The lowest BCUT2D eigenvalue weighted by atomic mass is 10.0. The Kier molecular flexibility index (Phi) is 6.58. The Labute approximate surface area is 190 Å². The summed E-state index contributed by atoms with van der Waals surface area (Å²) in [5.41, 5.74) is 1.37. The number of halogens is 2. The van der Waals surface area contributed by atoms with Crippen molar-refractivity contribution in [2.45, 2.75) is 6.04 Å². The molecule has 0 radical (unpaired) electrons. The molecule has 2 heterocycles. The van der Waals surface area contributed by atoms with Gasteiger partial charge in [-0.1, -0.05) is 35.9 Å². The van der Waals surface area contributed by atoms with Gasteiger partial charge in [0.15, 0.2) is 5.76 Å². The Balaban J connectivity index is 1.45. The molecule has 0 unspecified atom stereocenters. The van der Waals surface area contributed by atoms with Gasteiger partial charge in [-0.3, -0.25) is 9.69 Å². The Hall–Kier alpha value is -3.16. The smallest absolute Gasteiger partial charge is 0.327 e. The number of nitrogens with zero attached hydrogens (tertiary/aromatic N) is 2. The lowest BCUT2D eigenvalue weighted by molar-refractivity contribution is -0.148. The summed E-state index contributed by atoms with van der Waals surface area (Å²) in [6, 6.07) is 15.8. The van der Waals surface area contributed by atoms with E-state index in [1.807, 2.05) is 23.1 Å². The van der Waals surface area contributed by atoms with Crippen molar-refractivity contribution in [1.82, 2.24) is 9.80 Å². The fourth-order valence-electron chi connectivity index (χ4n) is 3.85. The molecular weight excluding hydrogens is 435 g/mol. The second-order valence-electron chi connectivity index (χ2n) is 7.45. The molecule has 32 heavy (non-hydrogen) atoms. The molecule has 1 fully saturated rings. The van der Waals surface area contributed by atoms with Crippen LogP contribution in [0.25, 0.3) is 11.3 Å². The molecule has 0 N–H and O–H groups in total. The topological polar surface area (TPSA) is 63.0 Å². The zero-order valence-electron chi connectivity index (χ0n) is 17.5. The van der Waals surface area contributed by atoms with Gasteiger partial charge in [0.05, 0.1) is 12.1 Å². The zero-order chi connectivity index (χ0) is 22.7. The number of esters is 1. The summed E-state index contributed by atoms with van der Waals surface area (Å²) in [5.74, 6) is -0.260. The van der Waals surface area contributed by atoms with E-state index in [9.17, 15) is 14.0 Å². The van der Waals surface area contributed by atoms with Crippen LogP contribution in [-0.4, -0.2) is 55.0 Å². The molecule has 1 amide bonds. The van der Waals surface area contributed by atoms with E-state index in [2.05, 4.69) is 0 Å². The van der Waals surface area contributed by atoms with Gasteiger partial charge in [0.1, 0.15) is 17.6 Å². The van der Waals surface area contributed by atoms with Crippen LogP contribution >= 0.6 is 11.6 Å². The molecule has 166 valence electrons. The van der Waals surface area contributed by atoms with Gasteiger partial charge in [-0.05, 0) is 42.0 Å². The fourth-order valence-corrected chi connectivity index (χ4v) is 4.08. The van der Waals surface area contributed by atoms with Crippen molar-refractivity contribution in [3.8, 4) is 11.3 Å². The SMILES string of the molecule is COC(=O)[C@@H](c1ccc(F)cc1)N1CCN(C(=O)c2ccc(-c3ccccc3Cl)o2)CC1. The number of furan rings is 1. The number of hydrogen-bond acceptors (Lipinski definition) is 5. The highest BCUT2D eigenvalue weighted by Crippen LogP contribution is 2.30. The number of amides is 1. The van der Waals surface area contributed by atoms with Crippen molar-refractivity contribution in [3.05, 3.63) is 82.8 Å². The van der Waals surface area contributed by atoms with Gasteiger partial charge in [0.25, 0.3) is 5.91 Å². The lowest BCUT2D eigenvalue weighted by Gasteiger charge is -2.38. The summed E-state index contributed by atoms with van der Waals surface area (Å²) in [4.78, 5) is 29.0. The molecule has 8 heteroatoms. The van der Waals surface area contributed by atoms with Gasteiger partial charge < -0.3 is 14.1 Å². The Bertz CT molecular complexity index is 1110. The number of benzene rings is 2. The average molecular weight is 457 g/mol. The predicted molar refractivity (Wildman–Crippen MR) is 118 cm³/mol. The minimum atomic E-state index is -0.659. The van der Waals surface area contributed by atoms with E-state index in [0.29, 0.717) is 42.5 Å². The number of piperazine rings is 1. The van der Waals surface area contributed by atoms with Gasteiger partial charge in [-0.25, -0.2) is 9.18 Å². The first-order chi connectivity index (χ1) is 15.5. The Morgan fingerprint density at radius 2 is 1.69 bits per heavy atom. The predicted octanol–water partition coefficient (Wildman–Crippen LogP) is 4.41. The first-order valence-electron chi connectivity index (χ1n) is 10.2. The van der Waals surface area contributed by atoms with Crippen LogP contribution in [0.1, 0.15) is 22.2 Å². The molecule has 0 saturated carbocycles. The summed E-state index contributed by atoms with van der Waals surface area (Å²) in [6.07, 6.45) is 0. The fraction of sp³-hybridized carbons (Fsp3) is 0.250. The van der Waals surface area contributed by atoms with Crippen LogP contribution in [0.5, 0.6) is 0 Å². The molecule has 1 aromatic heterocycles. The normalized spacial score (nSPS) is 15.4. The van der Waals surface area contributed by atoms with Crippen molar-refractivity contribution in [3.63, 3.8) is 0 Å². The number of hydrogen-bond donors (Lipinski definition) is 0. The first-order valence-corrected chi connectivity index (χ1v) is 10.6. The summed E-state index contributed by atoms with van der Waals surface area (Å²) in [7, 11) is 1.33. The van der Waals surface area contributed by atoms with E-state index >= 15 is 0 Å². The Morgan fingerprint density at radius 1 is 1.00 bits per heavy atom. The summed E-state index contributed by atoms with van der Waals surface area (Å²) in [5, 5.41) is 0.545.